The van der Waals surface area contributed by atoms with Crippen molar-refractivity contribution in [1.29, 1.82) is 0 Å². The number of carboxylic acids is 1. The molecular formula is C11H11N3O2S. The average Bonchev–Trinajstić information content (AvgIpc) is 2.66. The highest BCUT2D eigenvalue weighted by Gasteiger charge is 2.11. The Kier molecular flexibility index (Phi) is 2.97. The van der Waals surface area contributed by atoms with E-state index >= 15 is 0 Å². The maximum atomic E-state index is 11.1. The molecule has 2 rings (SSSR count). The molecule has 0 aliphatic rings. The van der Waals surface area contributed by atoms with Gasteiger partial charge < -0.3 is 16.2 Å². The quantitative estimate of drug-likeness (QED) is 0.727. The molecule has 0 atom stereocenters. The van der Waals surface area contributed by atoms with Gasteiger partial charge in [0.05, 0.1) is 16.9 Å². The van der Waals surface area contributed by atoms with E-state index in [9.17, 15) is 4.79 Å². The molecule has 0 radical (unpaired) electrons. The van der Waals surface area contributed by atoms with E-state index in [1.807, 2.05) is 12.3 Å². The second kappa shape index (κ2) is 4.42. The van der Waals surface area contributed by atoms with Gasteiger partial charge in [0, 0.05) is 11.1 Å². The molecule has 1 aromatic carbocycles. The number of carboxylic acid groups (broad SMARTS) is 1. The summed E-state index contributed by atoms with van der Waals surface area (Å²) in [7, 11) is 0. The molecule has 6 heteroatoms. The zero-order valence-corrected chi connectivity index (χ0v) is 9.91. The highest BCUT2D eigenvalue weighted by molar-refractivity contribution is 7.13. The van der Waals surface area contributed by atoms with Crippen LogP contribution in [0.3, 0.4) is 0 Å². The molecule has 1 heterocycles. The number of thiazole rings is 1. The van der Waals surface area contributed by atoms with E-state index in [1.54, 1.807) is 12.1 Å². The lowest BCUT2D eigenvalue weighted by Crippen LogP contribution is -2.03. The van der Waals surface area contributed by atoms with Gasteiger partial charge in [-0.15, -0.1) is 11.3 Å². The molecule has 0 fully saturated rings. The molecule has 0 bridgehead atoms. The number of nitrogens with two attached hydrogens (primary N) is 1. The Hall–Kier alpha value is -2.08. The van der Waals surface area contributed by atoms with Crippen molar-refractivity contribution in [2.45, 2.75) is 6.92 Å². The minimum absolute atomic E-state index is 0.137. The van der Waals surface area contributed by atoms with Crippen molar-refractivity contribution in [3.8, 4) is 0 Å². The fourth-order valence-corrected chi connectivity index (χ4v) is 2.07. The first-order chi connectivity index (χ1) is 8.06. The topological polar surface area (TPSA) is 88.2 Å². The molecule has 0 amide bonds. The summed E-state index contributed by atoms with van der Waals surface area (Å²) >= 11 is 1.42. The molecule has 88 valence electrons. The van der Waals surface area contributed by atoms with Crippen molar-refractivity contribution in [2.75, 3.05) is 11.1 Å². The maximum absolute atomic E-state index is 11.1. The second-order valence-electron chi connectivity index (χ2n) is 3.53. The average molecular weight is 249 g/mol. The number of nitrogen functional groups attached to an aromatic ring is 1. The molecule has 0 aliphatic carbocycles. The smallest absolute Gasteiger partial charge is 0.337 e. The second-order valence-corrected chi connectivity index (χ2v) is 4.39. The van der Waals surface area contributed by atoms with Crippen LogP contribution in [0.25, 0.3) is 0 Å². The molecule has 4 N–H and O–H groups in total. The van der Waals surface area contributed by atoms with Crippen LogP contribution in [-0.2, 0) is 0 Å². The third kappa shape index (κ3) is 2.54. The van der Waals surface area contributed by atoms with Gasteiger partial charge >= 0.3 is 5.97 Å². The molecule has 0 saturated heterocycles. The minimum atomic E-state index is -1.02. The van der Waals surface area contributed by atoms with E-state index in [1.165, 1.54) is 17.4 Å². The third-order valence-electron chi connectivity index (χ3n) is 2.13. The molecule has 5 nitrogen and oxygen atoms in total. The SMILES string of the molecule is Cc1csc(Nc2ccc(N)cc2C(=O)O)n1. The monoisotopic (exact) mass is 249 g/mol. The van der Waals surface area contributed by atoms with Crippen LogP contribution in [0.4, 0.5) is 16.5 Å². The number of aryl methyl sites for hydroxylation is 1. The fraction of sp³-hybridized carbons (Fsp3) is 0.0909. The predicted molar refractivity (Wildman–Crippen MR) is 67.9 cm³/mol. The number of hydrogen-bond donors (Lipinski definition) is 3. The van der Waals surface area contributed by atoms with Gasteiger partial charge in [0.1, 0.15) is 0 Å². The number of hydrogen-bond acceptors (Lipinski definition) is 5. The normalized spacial score (nSPS) is 10.2. The zero-order chi connectivity index (χ0) is 12.4. The number of anilines is 3. The van der Waals surface area contributed by atoms with Crippen LogP contribution < -0.4 is 11.1 Å². The fourth-order valence-electron chi connectivity index (χ4n) is 1.37. The number of nitrogens with one attached hydrogen (secondary N) is 1. The van der Waals surface area contributed by atoms with Gasteiger partial charge in [-0.05, 0) is 25.1 Å². The molecule has 17 heavy (non-hydrogen) atoms. The molecule has 2 aromatic rings. The Balaban J connectivity index is 2.35. The first-order valence-corrected chi connectivity index (χ1v) is 5.76. The van der Waals surface area contributed by atoms with Gasteiger partial charge in [-0.2, -0.15) is 0 Å². The molecule has 0 aliphatic heterocycles. The van der Waals surface area contributed by atoms with Gasteiger partial charge in [-0.3, -0.25) is 0 Å². The van der Waals surface area contributed by atoms with Crippen molar-refractivity contribution < 1.29 is 9.90 Å². The van der Waals surface area contributed by atoms with Gasteiger partial charge in [0.15, 0.2) is 5.13 Å². The number of carbonyl (C=O) groups is 1. The van der Waals surface area contributed by atoms with E-state index < -0.39 is 5.97 Å². The van der Waals surface area contributed by atoms with Crippen LogP contribution in [0.1, 0.15) is 16.1 Å². The van der Waals surface area contributed by atoms with E-state index in [2.05, 4.69) is 10.3 Å². The lowest BCUT2D eigenvalue weighted by atomic mass is 10.1. The number of rotatable bonds is 3. The van der Waals surface area contributed by atoms with Gasteiger partial charge in [0.2, 0.25) is 0 Å². The van der Waals surface area contributed by atoms with Crippen LogP contribution in [0.5, 0.6) is 0 Å². The van der Waals surface area contributed by atoms with Gasteiger partial charge in [-0.25, -0.2) is 9.78 Å². The lowest BCUT2D eigenvalue weighted by Gasteiger charge is -2.07. The standard InChI is InChI=1S/C11H11N3O2S/c1-6-5-17-11(13-6)14-9-3-2-7(12)4-8(9)10(15)16/h2-5H,12H2,1H3,(H,13,14)(H,15,16). The van der Waals surface area contributed by atoms with E-state index in [4.69, 9.17) is 10.8 Å². The Bertz CT molecular complexity index is 566. The van der Waals surface area contributed by atoms with E-state index in [0.29, 0.717) is 16.5 Å². The summed E-state index contributed by atoms with van der Waals surface area (Å²) in [5, 5.41) is 14.6. The summed E-state index contributed by atoms with van der Waals surface area (Å²) < 4.78 is 0. The van der Waals surface area contributed by atoms with Crippen LogP contribution in [0, 0.1) is 6.92 Å². The third-order valence-corrected chi connectivity index (χ3v) is 3.01. The highest BCUT2D eigenvalue weighted by atomic mass is 32.1. The summed E-state index contributed by atoms with van der Waals surface area (Å²) in [6.07, 6.45) is 0. The van der Waals surface area contributed by atoms with Crippen molar-refractivity contribution in [3.63, 3.8) is 0 Å². The summed E-state index contributed by atoms with van der Waals surface area (Å²) in [6, 6.07) is 4.70. The summed E-state index contributed by atoms with van der Waals surface area (Å²) in [5.41, 5.74) is 7.50. The number of nitrogens with zero attached hydrogens (tertiary/aromatic N) is 1. The first kappa shape index (κ1) is 11.4. The first-order valence-electron chi connectivity index (χ1n) is 4.88. The van der Waals surface area contributed by atoms with Gasteiger partial charge in [-0.1, -0.05) is 0 Å². The summed E-state index contributed by atoms with van der Waals surface area (Å²) in [6.45, 7) is 1.88. The number of benzene rings is 1. The van der Waals surface area contributed by atoms with E-state index in [0.717, 1.165) is 5.69 Å². The molecule has 0 spiro atoms. The molecule has 0 unspecified atom stereocenters. The molecule has 0 saturated carbocycles. The van der Waals surface area contributed by atoms with Crippen LogP contribution >= 0.6 is 11.3 Å². The lowest BCUT2D eigenvalue weighted by molar-refractivity contribution is 0.0698. The van der Waals surface area contributed by atoms with Crippen LogP contribution in [0.2, 0.25) is 0 Å². The molecular weight excluding hydrogens is 238 g/mol. The Morgan fingerprint density at radius 1 is 1.53 bits per heavy atom. The van der Waals surface area contributed by atoms with E-state index in [-0.39, 0.29) is 5.56 Å². The van der Waals surface area contributed by atoms with Gasteiger partial charge in [0.25, 0.3) is 0 Å². The maximum Gasteiger partial charge on any atom is 0.337 e. The van der Waals surface area contributed by atoms with Crippen molar-refractivity contribution in [3.05, 3.63) is 34.8 Å². The Morgan fingerprint density at radius 3 is 2.88 bits per heavy atom. The Morgan fingerprint density at radius 2 is 2.29 bits per heavy atom. The molecule has 1 aromatic heterocycles. The summed E-state index contributed by atoms with van der Waals surface area (Å²) in [5.74, 6) is -1.02. The Labute approximate surface area is 102 Å². The van der Waals surface area contributed by atoms with Crippen molar-refractivity contribution in [1.82, 2.24) is 4.98 Å². The van der Waals surface area contributed by atoms with Crippen LogP contribution in [-0.4, -0.2) is 16.1 Å². The van der Waals surface area contributed by atoms with Crippen LogP contribution in [0.15, 0.2) is 23.6 Å². The highest BCUT2D eigenvalue weighted by Crippen LogP contribution is 2.25. The zero-order valence-electron chi connectivity index (χ0n) is 9.10. The predicted octanol–water partition coefficient (Wildman–Crippen LogP) is 2.48. The minimum Gasteiger partial charge on any atom is -0.478 e. The van der Waals surface area contributed by atoms with Crippen molar-refractivity contribution >= 4 is 33.8 Å². The largest absolute Gasteiger partial charge is 0.478 e. The number of aromatic nitrogens is 1. The van der Waals surface area contributed by atoms with Crippen molar-refractivity contribution in [2.24, 2.45) is 0 Å². The summed E-state index contributed by atoms with van der Waals surface area (Å²) in [4.78, 5) is 15.3. The number of aromatic carboxylic acids is 1.